The molecule has 1 aliphatic rings. The molecule has 1 aromatic carbocycles. The number of amides is 1. The van der Waals surface area contributed by atoms with Crippen LogP contribution in [0.15, 0.2) is 36.5 Å². The lowest BCUT2D eigenvalue weighted by Crippen LogP contribution is -2.38. The van der Waals surface area contributed by atoms with E-state index in [4.69, 9.17) is 5.26 Å². The highest BCUT2D eigenvalue weighted by Crippen LogP contribution is 2.29. The first-order chi connectivity index (χ1) is 12.1. The van der Waals surface area contributed by atoms with Crippen LogP contribution < -0.4 is 5.32 Å². The molecule has 1 N–H and O–H groups in total. The van der Waals surface area contributed by atoms with E-state index < -0.39 is 0 Å². The summed E-state index contributed by atoms with van der Waals surface area (Å²) in [5, 5.41) is 16.1. The Bertz CT molecular complexity index is 791. The van der Waals surface area contributed by atoms with Crippen molar-refractivity contribution in [3.8, 4) is 6.07 Å². The zero-order valence-electron chi connectivity index (χ0n) is 14.6. The van der Waals surface area contributed by atoms with Gasteiger partial charge in [0, 0.05) is 25.8 Å². The number of nitriles is 1. The summed E-state index contributed by atoms with van der Waals surface area (Å²) >= 11 is 0. The molecular weight excluding hydrogens is 314 g/mol. The molecule has 1 aromatic heterocycles. The third-order valence-corrected chi connectivity index (χ3v) is 4.92. The Kier molecular flexibility index (Phi) is 5.15. The fraction of sp³-hybridized carbons (Fsp3) is 0.421. The van der Waals surface area contributed by atoms with Crippen molar-refractivity contribution in [3.05, 3.63) is 53.3 Å². The molecule has 1 saturated heterocycles. The van der Waals surface area contributed by atoms with E-state index in [-0.39, 0.29) is 18.0 Å². The maximum absolute atomic E-state index is 11.7. The van der Waals surface area contributed by atoms with Gasteiger partial charge in [-0.05, 0) is 50.1 Å². The largest absolute Gasteiger partial charge is 0.354 e. The van der Waals surface area contributed by atoms with E-state index in [9.17, 15) is 4.79 Å². The van der Waals surface area contributed by atoms with E-state index in [1.54, 1.807) is 13.1 Å². The van der Waals surface area contributed by atoms with Crippen molar-refractivity contribution >= 4 is 5.91 Å². The molecule has 2 heterocycles. The number of nitrogens with zero attached hydrogens (tertiary/aromatic N) is 4. The summed E-state index contributed by atoms with van der Waals surface area (Å²) in [5.74, 6) is -0.159. The standard InChI is InChI=1S/C19H23N5O/c1-14(16-6-3-5-15(11-16)12-20)23-9-4-7-17(13-23)24-10-8-18(22-24)19(25)21-2/h3,5-6,8,10-11,14,17H,4,7,9,13H2,1-2H3,(H,21,25). The van der Waals surface area contributed by atoms with Crippen molar-refractivity contribution in [2.45, 2.75) is 31.8 Å². The number of rotatable bonds is 4. The SMILES string of the molecule is CNC(=O)c1ccn(C2CCCN(C(C)c3cccc(C#N)c3)C2)n1. The molecule has 2 atom stereocenters. The van der Waals surface area contributed by atoms with Crippen molar-refractivity contribution in [1.29, 1.82) is 5.26 Å². The molecule has 25 heavy (non-hydrogen) atoms. The second-order valence-corrected chi connectivity index (χ2v) is 6.46. The maximum Gasteiger partial charge on any atom is 0.271 e. The van der Waals surface area contributed by atoms with Gasteiger partial charge in [-0.1, -0.05) is 12.1 Å². The lowest BCUT2D eigenvalue weighted by atomic mass is 9.99. The van der Waals surface area contributed by atoms with Crippen LogP contribution in [0.2, 0.25) is 0 Å². The molecule has 2 unspecified atom stereocenters. The van der Waals surface area contributed by atoms with Crippen LogP contribution >= 0.6 is 0 Å². The predicted molar refractivity (Wildman–Crippen MR) is 95.0 cm³/mol. The van der Waals surface area contributed by atoms with Crippen LogP contribution in [-0.2, 0) is 0 Å². The minimum atomic E-state index is -0.159. The first kappa shape index (κ1) is 17.2. The molecule has 0 bridgehead atoms. The fourth-order valence-corrected chi connectivity index (χ4v) is 3.42. The molecule has 0 saturated carbocycles. The van der Waals surface area contributed by atoms with Crippen LogP contribution in [0, 0.1) is 11.3 Å². The molecule has 0 spiro atoms. The molecule has 1 amide bonds. The van der Waals surface area contributed by atoms with Crippen molar-refractivity contribution in [2.24, 2.45) is 0 Å². The molecular formula is C19H23N5O. The summed E-state index contributed by atoms with van der Waals surface area (Å²) in [4.78, 5) is 14.1. The topological polar surface area (TPSA) is 74.0 Å². The predicted octanol–water partition coefficient (Wildman–Crippen LogP) is 2.51. The smallest absolute Gasteiger partial charge is 0.271 e. The summed E-state index contributed by atoms with van der Waals surface area (Å²) in [7, 11) is 1.61. The summed E-state index contributed by atoms with van der Waals surface area (Å²) in [6, 6.07) is 12.3. The minimum absolute atomic E-state index is 0.159. The van der Waals surface area contributed by atoms with E-state index in [1.165, 1.54) is 0 Å². The van der Waals surface area contributed by atoms with E-state index in [1.807, 2.05) is 29.1 Å². The Morgan fingerprint density at radius 2 is 2.28 bits per heavy atom. The number of hydrogen-bond acceptors (Lipinski definition) is 4. The molecule has 2 aromatic rings. The number of benzene rings is 1. The molecule has 0 radical (unpaired) electrons. The van der Waals surface area contributed by atoms with Gasteiger partial charge in [-0.25, -0.2) is 0 Å². The zero-order chi connectivity index (χ0) is 17.8. The highest BCUT2D eigenvalue weighted by Gasteiger charge is 2.26. The highest BCUT2D eigenvalue weighted by atomic mass is 16.1. The summed E-state index contributed by atoms with van der Waals surface area (Å²) in [6.45, 7) is 4.09. The average Bonchev–Trinajstić information content (AvgIpc) is 3.17. The number of carbonyl (C=O) groups is 1. The Morgan fingerprint density at radius 1 is 1.44 bits per heavy atom. The second-order valence-electron chi connectivity index (χ2n) is 6.46. The normalized spacial score (nSPS) is 19.2. The van der Waals surface area contributed by atoms with Gasteiger partial charge in [0.2, 0.25) is 0 Å². The van der Waals surface area contributed by atoms with Crippen LogP contribution in [0.4, 0.5) is 0 Å². The van der Waals surface area contributed by atoms with Gasteiger partial charge >= 0.3 is 0 Å². The summed E-state index contributed by atoms with van der Waals surface area (Å²) < 4.78 is 1.91. The Labute approximate surface area is 148 Å². The average molecular weight is 337 g/mol. The Balaban J connectivity index is 1.73. The first-order valence-corrected chi connectivity index (χ1v) is 8.63. The van der Waals surface area contributed by atoms with E-state index in [0.717, 1.165) is 31.5 Å². The number of likely N-dealkylation sites (tertiary alicyclic amines) is 1. The van der Waals surface area contributed by atoms with Gasteiger partial charge in [-0.2, -0.15) is 10.4 Å². The third-order valence-electron chi connectivity index (χ3n) is 4.92. The number of nitrogens with one attached hydrogen (secondary N) is 1. The first-order valence-electron chi connectivity index (χ1n) is 8.63. The number of piperidine rings is 1. The van der Waals surface area contributed by atoms with Crippen LogP contribution in [0.1, 0.15) is 53.5 Å². The third kappa shape index (κ3) is 3.72. The van der Waals surface area contributed by atoms with Crippen molar-refractivity contribution in [1.82, 2.24) is 20.0 Å². The van der Waals surface area contributed by atoms with Crippen molar-refractivity contribution in [2.75, 3.05) is 20.1 Å². The lowest BCUT2D eigenvalue weighted by Gasteiger charge is -2.37. The van der Waals surface area contributed by atoms with Gasteiger partial charge in [-0.3, -0.25) is 14.4 Å². The van der Waals surface area contributed by atoms with Gasteiger partial charge < -0.3 is 5.32 Å². The van der Waals surface area contributed by atoms with E-state index >= 15 is 0 Å². The van der Waals surface area contributed by atoms with Gasteiger partial charge in [0.25, 0.3) is 5.91 Å². The molecule has 6 nitrogen and oxygen atoms in total. The molecule has 6 heteroatoms. The van der Waals surface area contributed by atoms with Crippen LogP contribution in [0.5, 0.6) is 0 Å². The molecule has 1 fully saturated rings. The van der Waals surface area contributed by atoms with Crippen molar-refractivity contribution < 1.29 is 4.79 Å². The molecule has 3 rings (SSSR count). The van der Waals surface area contributed by atoms with Gasteiger partial charge in [-0.15, -0.1) is 0 Å². The number of aromatic nitrogens is 2. The van der Waals surface area contributed by atoms with Crippen LogP contribution in [0.3, 0.4) is 0 Å². The van der Waals surface area contributed by atoms with Gasteiger partial charge in [0.1, 0.15) is 5.69 Å². The minimum Gasteiger partial charge on any atom is -0.354 e. The lowest BCUT2D eigenvalue weighted by molar-refractivity contribution is 0.0954. The monoisotopic (exact) mass is 337 g/mol. The number of hydrogen-bond donors (Lipinski definition) is 1. The van der Waals surface area contributed by atoms with Crippen LogP contribution in [-0.4, -0.2) is 40.7 Å². The van der Waals surface area contributed by atoms with Gasteiger partial charge in [0.15, 0.2) is 0 Å². The fourth-order valence-electron chi connectivity index (χ4n) is 3.42. The molecule has 130 valence electrons. The number of carbonyl (C=O) groups excluding carboxylic acids is 1. The quantitative estimate of drug-likeness (QED) is 0.930. The van der Waals surface area contributed by atoms with E-state index in [0.29, 0.717) is 11.3 Å². The van der Waals surface area contributed by atoms with Crippen molar-refractivity contribution in [3.63, 3.8) is 0 Å². The highest BCUT2D eigenvalue weighted by molar-refractivity contribution is 5.91. The summed E-state index contributed by atoms with van der Waals surface area (Å²) in [6.07, 6.45) is 4.03. The second kappa shape index (κ2) is 7.49. The van der Waals surface area contributed by atoms with Gasteiger partial charge in [0.05, 0.1) is 17.7 Å². The summed E-state index contributed by atoms with van der Waals surface area (Å²) in [5.41, 5.74) is 2.31. The Hall–Kier alpha value is -2.65. The molecule has 0 aliphatic carbocycles. The van der Waals surface area contributed by atoms with Crippen LogP contribution in [0.25, 0.3) is 0 Å². The Morgan fingerprint density at radius 3 is 3.04 bits per heavy atom. The maximum atomic E-state index is 11.7. The zero-order valence-corrected chi connectivity index (χ0v) is 14.6. The van der Waals surface area contributed by atoms with E-state index in [2.05, 4.69) is 34.4 Å². The molecule has 1 aliphatic heterocycles.